The van der Waals surface area contributed by atoms with E-state index in [0.717, 1.165) is 4.68 Å². The monoisotopic (exact) mass is 222 g/mol. The van der Waals surface area contributed by atoms with E-state index in [9.17, 15) is 9.59 Å². The summed E-state index contributed by atoms with van der Waals surface area (Å²) in [6, 6.07) is 7.86. The van der Waals surface area contributed by atoms with E-state index in [2.05, 4.69) is 5.10 Å². The Balaban J connectivity index is 2.70. The summed E-state index contributed by atoms with van der Waals surface area (Å²) in [7, 11) is 0. The molecular weight excluding hydrogens is 216 g/mol. The van der Waals surface area contributed by atoms with Crippen molar-refractivity contribution < 1.29 is 0 Å². The van der Waals surface area contributed by atoms with Gasteiger partial charge in [-0.05, 0) is 18.2 Å². The Morgan fingerprint density at radius 2 is 2.00 bits per heavy atom. The number of hydrogen-bond acceptors (Lipinski definition) is 2. The number of hydrogen-bond donors (Lipinski definition) is 1. The van der Waals surface area contributed by atoms with Gasteiger partial charge in [0.1, 0.15) is 0 Å². The van der Waals surface area contributed by atoms with Crippen molar-refractivity contribution in [2.45, 2.75) is 0 Å². The second-order valence-electron chi connectivity index (χ2n) is 2.95. The molecule has 0 aliphatic rings. The molecular formula is C10H7ClN2O2. The minimum absolute atomic E-state index is 0.504. The summed E-state index contributed by atoms with van der Waals surface area (Å²) in [6.45, 7) is 0. The van der Waals surface area contributed by atoms with Crippen LogP contribution in [0.1, 0.15) is 0 Å². The van der Waals surface area contributed by atoms with Crippen LogP contribution in [0.25, 0.3) is 5.69 Å². The zero-order chi connectivity index (χ0) is 10.8. The molecule has 0 unspecified atom stereocenters. The Morgan fingerprint density at radius 3 is 2.73 bits per heavy atom. The molecule has 1 aromatic carbocycles. The number of rotatable bonds is 1. The number of H-pyrrole nitrogens is 1. The van der Waals surface area contributed by atoms with Crippen molar-refractivity contribution in [2.75, 3.05) is 0 Å². The molecule has 0 spiro atoms. The van der Waals surface area contributed by atoms with Crippen molar-refractivity contribution in [3.63, 3.8) is 0 Å². The van der Waals surface area contributed by atoms with Crippen molar-refractivity contribution >= 4 is 11.6 Å². The molecule has 0 aliphatic carbocycles. The number of aromatic nitrogens is 2. The van der Waals surface area contributed by atoms with Gasteiger partial charge < -0.3 is 0 Å². The predicted octanol–water partition coefficient (Wildman–Crippen LogP) is 1.18. The largest absolute Gasteiger partial charge is 0.317 e. The molecule has 0 bridgehead atoms. The van der Waals surface area contributed by atoms with E-state index in [1.54, 1.807) is 24.3 Å². The minimum atomic E-state index is -0.625. The van der Waals surface area contributed by atoms with Crippen LogP contribution in [-0.4, -0.2) is 9.78 Å². The second-order valence-corrected chi connectivity index (χ2v) is 3.38. The van der Waals surface area contributed by atoms with Crippen LogP contribution in [-0.2, 0) is 0 Å². The molecule has 15 heavy (non-hydrogen) atoms. The van der Waals surface area contributed by atoms with Gasteiger partial charge in [0.05, 0.1) is 5.69 Å². The highest BCUT2D eigenvalue weighted by Gasteiger charge is 2.02. The number of nitrogens with one attached hydrogen (secondary N) is 1. The first-order valence-corrected chi connectivity index (χ1v) is 4.63. The Bertz CT molecular complexity index is 601. The van der Waals surface area contributed by atoms with Gasteiger partial charge in [-0.2, -0.15) is 0 Å². The molecule has 1 heterocycles. The lowest BCUT2D eigenvalue weighted by Crippen LogP contribution is -2.33. The van der Waals surface area contributed by atoms with Crippen LogP contribution < -0.4 is 11.0 Å². The van der Waals surface area contributed by atoms with Gasteiger partial charge in [-0.3, -0.25) is 14.7 Å². The highest BCUT2D eigenvalue weighted by molar-refractivity contribution is 6.30. The fourth-order valence-electron chi connectivity index (χ4n) is 1.23. The summed E-state index contributed by atoms with van der Waals surface area (Å²) >= 11 is 5.78. The van der Waals surface area contributed by atoms with E-state index >= 15 is 0 Å². The summed E-state index contributed by atoms with van der Waals surface area (Å²) < 4.78 is 1.15. The van der Waals surface area contributed by atoms with Crippen LogP contribution in [0.2, 0.25) is 5.02 Å². The van der Waals surface area contributed by atoms with Gasteiger partial charge in [0.25, 0.3) is 0 Å². The molecule has 0 atom stereocenters. The SMILES string of the molecule is O=c1cc[nH]n(-c2cccc(Cl)c2)c1=O. The molecule has 1 N–H and O–H groups in total. The van der Waals surface area contributed by atoms with Gasteiger partial charge >= 0.3 is 5.56 Å². The second kappa shape index (κ2) is 3.74. The van der Waals surface area contributed by atoms with Crippen molar-refractivity contribution in [3.8, 4) is 5.69 Å². The summed E-state index contributed by atoms with van der Waals surface area (Å²) in [5, 5.41) is 3.17. The van der Waals surface area contributed by atoms with E-state index < -0.39 is 11.0 Å². The zero-order valence-electron chi connectivity index (χ0n) is 7.61. The Labute approximate surface area is 89.7 Å². The van der Waals surface area contributed by atoms with Crippen molar-refractivity contribution in [1.82, 2.24) is 9.78 Å². The molecule has 0 saturated carbocycles. The van der Waals surface area contributed by atoms with Crippen LogP contribution >= 0.6 is 11.6 Å². The lowest BCUT2D eigenvalue weighted by molar-refractivity contribution is 0.797. The molecule has 0 saturated heterocycles. The van der Waals surface area contributed by atoms with Gasteiger partial charge in [0, 0.05) is 17.3 Å². The maximum Gasteiger partial charge on any atom is 0.317 e. The Hall–Kier alpha value is -1.81. The average Bonchev–Trinajstić information content (AvgIpc) is 2.22. The minimum Gasteiger partial charge on any atom is -0.298 e. The molecule has 0 radical (unpaired) electrons. The first-order valence-electron chi connectivity index (χ1n) is 4.25. The Morgan fingerprint density at radius 1 is 1.20 bits per heavy atom. The third kappa shape index (κ3) is 1.85. The van der Waals surface area contributed by atoms with Gasteiger partial charge in [0.2, 0.25) is 5.43 Å². The molecule has 5 heteroatoms. The molecule has 0 fully saturated rings. The van der Waals surface area contributed by atoms with E-state index in [0.29, 0.717) is 10.7 Å². The summed E-state index contributed by atoms with van der Waals surface area (Å²) in [5.41, 5.74) is -0.654. The van der Waals surface area contributed by atoms with Gasteiger partial charge in [-0.1, -0.05) is 17.7 Å². The zero-order valence-corrected chi connectivity index (χ0v) is 8.36. The molecule has 1 aromatic heterocycles. The van der Waals surface area contributed by atoms with E-state index in [-0.39, 0.29) is 0 Å². The van der Waals surface area contributed by atoms with Gasteiger partial charge in [-0.15, -0.1) is 0 Å². The van der Waals surface area contributed by atoms with E-state index in [1.165, 1.54) is 12.3 Å². The van der Waals surface area contributed by atoms with Gasteiger partial charge in [-0.25, -0.2) is 4.68 Å². The lowest BCUT2D eigenvalue weighted by atomic mass is 10.3. The third-order valence-electron chi connectivity index (χ3n) is 1.92. The topological polar surface area (TPSA) is 54.9 Å². The van der Waals surface area contributed by atoms with Crippen LogP contribution in [0.3, 0.4) is 0 Å². The molecule has 2 rings (SSSR count). The number of aromatic amines is 1. The molecule has 76 valence electrons. The van der Waals surface area contributed by atoms with Gasteiger partial charge in [0.15, 0.2) is 0 Å². The number of nitrogens with zero attached hydrogens (tertiary/aromatic N) is 1. The maximum absolute atomic E-state index is 11.5. The number of halogens is 1. The summed E-state index contributed by atoms with van der Waals surface area (Å²) in [6.07, 6.45) is 1.41. The van der Waals surface area contributed by atoms with E-state index in [1.807, 2.05) is 0 Å². The Kier molecular flexibility index (Phi) is 2.43. The van der Waals surface area contributed by atoms with Crippen LogP contribution in [0.15, 0.2) is 46.1 Å². The van der Waals surface area contributed by atoms with Crippen molar-refractivity contribution in [3.05, 3.63) is 62.1 Å². The molecule has 2 aromatic rings. The molecule has 0 aliphatic heterocycles. The summed E-state index contributed by atoms with van der Waals surface area (Å²) in [5.74, 6) is 0. The maximum atomic E-state index is 11.5. The van der Waals surface area contributed by atoms with Crippen molar-refractivity contribution in [1.29, 1.82) is 0 Å². The first kappa shape index (κ1) is 9.73. The van der Waals surface area contributed by atoms with Crippen molar-refractivity contribution in [2.24, 2.45) is 0 Å². The summed E-state index contributed by atoms with van der Waals surface area (Å²) in [4.78, 5) is 22.6. The van der Waals surface area contributed by atoms with Crippen LogP contribution in [0.4, 0.5) is 0 Å². The molecule has 0 amide bonds. The fourth-order valence-corrected chi connectivity index (χ4v) is 1.42. The standard InChI is InChI=1S/C10H7ClN2O2/c11-7-2-1-3-8(6-7)13-10(15)9(14)4-5-12-13/h1-6,12H. The normalized spacial score (nSPS) is 10.2. The fraction of sp³-hybridized carbons (Fsp3) is 0. The highest BCUT2D eigenvalue weighted by Crippen LogP contribution is 2.11. The van der Waals surface area contributed by atoms with Crippen LogP contribution in [0, 0.1) is 0 Å². The number of benzene rings is 1. The first-order chi connectivity index (χ1) is 7.18. The average molecular weight is 223 g/mol. The third-order valence-corrected chi connectivity index (χ3v) is 2.15. The lowest BCUT2D eigenvalue weighted by Gasteiger charge is -2.04. The smallest absolute Gasteiger partial charge is 0.298 e. The van der Waals surface area contributed by atoms with E-state index in [4.69, 9.17) is 11.6 Å². The molecule has 4 nitrogen and oxygen atoms in total. The predicted molar refractivity (Wildman–Crippen MR) is 57.7 cm³/mol. The van der Waals surface area contributed by atoms with Crippen LogP contribution in [0.5, 0.6) is 0 Å². The highest BCUT2D eigenvalue weighted by atomic mass is 35.5. The quantitative estimate of drug-likeness (QED) is 0.737.